The van der Waals surface area contributed by atoms with Gasteiger partial charge in [0, 0.05) is 18.9 Å². The molecular weight excluding hydrogens is 250 g/mol. The van der Waals surface area contributed by atoms with Gasteiger partial charge in [0.25, 0.3) is 0 Å². The lowest BCUT2D eigenvalue weighted by Gasteiger charge is -2.21. The fourth-order valence-electron chi connectivity index (χ4n) is 2.29. The summed E-state index contributed by atoms with van der Waals surface area (Å²) in [4.78, 5) is 12.1. The molecule has 2 rings (SSSR count). The first-order valence-electron chi connectivity index (χ1n) is 6.26. The molecule has 1 saturated heterocycles. The van der Waals surface area contributed by atoms with Crippen LogP contribution in [0.25, 0.3) is 0 Å². The molecule has 3 nitrogen and oxygen atoms in total. The molecule has 0 amide bonds. The van der Waals surface area contributed by atoms with E-state index in [9.17, 15) is 4.79 Å². The Balaban J connectivity index is 2.00. The molecule has 0 bridgehead atoms. The molecule has 1 aromatic carbocycles. The molecule has 1 atom stereocenters. The number of nitrogens with one attached hydrogen (secondary N) is 1. The predicted octanol–water partition coefficient (Wildman–Crippen LogP) is 2.46. The van der Waals surface area contributed by atoms with Crippen LogP contribution in [0.4, 0.5) is 0 Å². The Morgan fingerprint density at radius 3 is 3.00 bits per heavy atom. The van der Waals surface area contributed by atoms with Gasteiger partial charge >= 0.3 is 0 Å². The van der Waals surface area contributed by atoms with Gasteiger partial charge in [-0.25, -0.2) is 0 Å². The molecule has 18 heavy (non-hydrogen) atoms. The summed E-state index contributed by atoms with van der Waals surface area (Å²) in [6.07, 6.45) is 2.53. The molecule has 4 heteroatoms. The van der Waals surface area contributed by atoms with Crippen molar-refractivity contribution in [3.8, 4) is 5.75 Å². The second-order valence-electron chi connectivity index (χ2n) is 4.66. The van der Waals surface area contributed by atoms with Gasteiger partial charge < -0.3 is 10.1 Å². The van der Waals surface area contributed by atoms with E-state index in [1.807, 2.05) is 18.2 Å². The molecule has 98 valence electrons. The van der Waals surface area contributed by atoms with Gasteiger partial charge in [-0.1, -0.05) is 17.7 Å². The third kappa shape index (κ3) is 3.24. The van der Waals surface area contributed by atoms with Crippen molar-refractivity contribution in [3.05, 3.63) is 28.8 Å². The second-order valence-corrected chi connectivity index (χ2v) is 5.06. The van der Waals surface area contributed by atoms with Crippen LogP contribution in [0.15, 0.2) is 18.2 Å². The zero-order valence-corrected chi connectivity index (χ0v) is 11.3. The van der Waals surface area contributed by atoms with Gasteiger partial charge in [-0.15, -0.1) is 0 Å². The van der Waals surface area contributed by atoms with Crippen molar-refractivity contribution < 1.29 is 9.53 Å². The SMILES string of the molecule is COc1ccc(CC(=O)C2CCCNC2)cc1Cl. The van der Waals surface area contributed by atoms with E-state index in [0.717, 1.165) is 31.5 Å². The molecule has 0 aliphatic carbocycles. The molecule has 1 N–H and O–H groups in total. The quantitative estimate of drug-likeness (QED) is 0.911. The van der Waals surface area contributed by atoms with Crippen molar-refractivity contribution >= 4 is 17.4 Å². The summed E-state index contributed by atoms with van der Waals surface area (Å²) in [5.74, 6) is 1.09. The van der Waals surface area contributed by atoms with Crippen molar-refractivity contribution in [2.45, 2.75) is 19.3 Å². The van der Waals surface area contributed by atoms with Crippen molar-refractivity contribution in [3.63, 3.8) is 0 Å². The van der Waals surface area contributed by atoms with Gasteiger partial charge in [-0.3, -0.25) is 4.79 Å². The third-order valence-electron chi connectivity index (χ3n) is 3.35. The number of carbonyl (C=O) groups is 1. The molecule has 1 heterocycles. The number of halogens is 1. The van der Waals surface area contributed by atoms with Crippen molar-refractivity contribution in [2.24, 2.45) is 5.92 Å². The maximum Gasteiger partial charge on any atom is 0.141 e. The van der Waals surface area contributed by atoms with Gasteiger partial charge in [0.15, 0.2) is 0 Å². The van der Waals surface area contributed by atoms with Crippen LogP contribution < -0.4 is 10.1 Å². The van der Waals surface area contributed by atoms with E-state index in [2.05, 4.69) is 5.32 Å². The van der Waals surface area contributed by atoms with Gasteiger partial charge in [-0.2, -0.15) is 0 Å². The minimum absolute atomic E-state index is 0.152. The Morgan fingerprint density at radius 1 is 1.56 bits per heavy atom. The highest BCUT2D eigenvalue weighted by Crippen LogP contribution is 2.25. The molecule has 0 saturated carbocycles. The lowest BCUT2D eigenvalue weighted by Crippen LogP contribution is -2.35. The Morgan fingerprint density at radius 2 is 2.39 bits per heavy atom. The maximum atomic E-state index is 12.1. The van der Waals surface area contributed by atoms with E-state index in [1.165, 1.54) is 0 Å². The summed E-state index contributed by atoms with van der Waals surface area (Å²) in [5.41, 5.74) is 0.955. The van der Waals surface area contributed by atoms with Crippen LogP contribution in [0.3, 0.4) is 0 Å². The first-order chi connectivity index (χ1) is 8.70. The minimum atomic E-state index is 0.152. The molecule has 0 aromatic heterocycles. The highest BCUT2D eigenvalue weighted by Gasteiger charge is 2.20. The zero-order chi connectivity index (χ0) is 13.0. The fraction of sp³-hybridized carbons (Fsp3) is 0.500. The lowest BCUT2D eigenvalue weighted by molar-refractivity contribution is -0.122. The molecule has 1 aromatic rings. The number of piperidine rings is 1. The number of carbonyl (C=O) groups excluding carboxylic acids is 1. The van der Waals surface area contributed by atoms with E-state index in [1.54, 1.807) is 7.11 Å². The van der Waals surface area contributed by atoms with E-state index < -0.39 is 0 Å². The minimum Gasteiger partial charge on any atom is -0.495 e. The highest BCUT2D eigenvalue weighted by molar-refractivity contribution is 6.32. The summed E-state index contributed by atoms with van der Waals surface area (Å²) < 4.78 is 5.09. The van der Waals surface area contributed by atoms with Crippen LogP contribution in [0.1, 0.15) is 18.4 Å². The van der Waals surface area contributed by atoms with E-state index in [0.29, 0.717) is 23.0 Å². The van der Waals surface area contributed by atoms with Gasteiger partial charge in [0.2, 0.25) is 0 Å². The first kappa shape index (κ1) is 13.4. The highest BCUT2D eigenvalue weighted by atomic mass is 35.5. The molecule has 1 unspecified atom stereocenters. The van der Waals surface area contributed by atoms with E-state index >= 15 is 0 Å². The zero-order valence-electron chi connectivity index (χ0n) is 10.5. The standard InChI is InChI=1S/C14H18ClNO2/c1-18-14-5-4-10(7-12(14)15)8-13(17)11-3-2-6-16-9-11/h4-5,7,11,16H,2-3,6,8-9H2,1H3. The van der Waals surface area contributed by atoms with E-state index in [4.69, 9.17) is 16.3 Å². The number of ketones is 1. The molecule has 0 spiro atoms. The summed E-state index contributed by atoms with van der Waals surface area (Å²) in [6, 6.07) is 5.53. The Labute approximate surface area is 112 Å². The fourth-order valence-corrected chi connectivity index (χ4v) is 2.57. The maximum absolute atomic E-state index is 12.1. The van der Waals surface area contributed by atoms with Crippen LogP contribution in [0.2, 0.25) is 5.02 Å². The Bertz CT molecular complexity index is 428. The van der Waals surface area contributed by atoms with Gasteiger partial charge in [0.1, 0.15) is 11.5 Å². The van der Waals surface area contributed by atoms with Crippen molar-refractivity contribution in [1.29, 1.82) is 0 Å². The average molecular weight is 268 g/mol. The predicted molar refractivity (Wildman–Crippen MR) is 72.3 cm³/mol. The molecule has 1 aliphatic heterocycles. The molecule has 1 fully saturated rings. The van der Waals surface area contributed by atoms with Crippen LogP contribution >= 0.6 is 11.6 Å². The molecule has 1 aliphatic rings. The van der Waals surface area contributed by atoms with Crippen LogP contribution in [-0.4, -0.2) is 26.0 Å². The topological polar surface area (TPSA) is 38.3 Å². The number of benzene rings is 1. The number of hydrogen-bond donors (Lipinski definition) is 1. The largest absolute Gasteiger partial charge is 0.495 e. The second kappa shape index (κ2) is 6.21. The average Bonchev–Trinajstić information content (AvgIpc) is 2.40. The number of rotatable bonds is 4. The van der Waals surface area contributed by atoms with Crippen LogP contribution in [0, 0.1) is 5.92 Å². The number of ether oxygens (including phenoxy) is 1. The van der Waals surface area contributed by atoms with Crippen molar-refractivity contribution in [2.75, 3.05) is 20.2 Å². The Kier molecular flexibility index (Phi) is 4.61. The number of hydrogen-bond acceptors (Lipinski definition) is 3. The summed E-state index contributed by atoms with van der Waals surface area (Å²) in [6.45, 7) is 1.83. The summed E-state index contributed by atoms with van der Waals surface area (Å²) in [5, 5.41) is 3.82. The van der Waals surface area contributed by atoms with Crippen LogP contribution in [-0.2, 0) is 11.2 Å². The number of methoxy groups -OCH3 is 1. The summed E-state index contributed by atoms with van der Waals surface area (Å²) >= 11 is 6.05. The number of Topliss-reactive ketones (excluding diaryl/α,β-unsaturated/α-hetero) is 1. The van der Waals surface area contributed by atoms with Crippen LogP contribution in [0.5, 0.6) is 5.75 Å². The first-order valence-corrected chi connectivity index (χ1v) is 6.64. The molecule has 0 radical (unpaired) electrons. The molecular formula is C14H18ClNO2. The lowest BCUT2D eigenvalue weighted by atomic mass is 9.91. The normalized spacial score (nSPS) is 19.6. The smallest absolute Gasteiger partial charge is 0.141 e. The van der Waals surface area contributed by atoms with Gasteiger partial charge in [-0.05, 0) is 37.1 Å². The monoisotopic (exact) mass is 267 g/mol. The van der Waals surface area contributed by atoms with Gasteiger partial charge in [0.05, 0.1) is 12.1 Å². The summed E-state index contributed by atoms with van der Waals surface area (Å²) in [7, 11) is 1.58. The third-order valence-corrected chi connectivity index (χ3v) is 3.64. The van der Waals surface area contributed by atoms with E-state index in [-0.39, 0.29) is 5.92 Å². The van der Waals surface area contributed by atoms with Crippen molar-refractivity contribution in [1.82, 2.24) is 5.32 Å². The Hall–Kier alpha value is -1.06.